The number of nitrogens with one attached hydrogen (secondary N) is 2. The Labute approximate surface area is 111 Å². The van der Waals surface area contributed by atoms with Gasteiger partial charge in [0.15, 0.2) is 11.5 Å². The summed E-state index contributed by atoms with van der Waals surface area (Å²) in [5.41, 5.74) is 2.09. The SMILES string of the molecule is c1cc2c(cc1-c1cnc([C@H]3CCCN3)[nH]1)OCO2. The summed E-state index contributed by atoms with van der Waals surface area (Å²) in [4.78, 5) is 7.87. The first-order valence-electron chi connectivity index (χ1n) is 6.58. The second-order valence-corrected chi connectivity index (χ2v) is 4.90. The van der Waals surface area contributed by atoms with Crippen LogP contribution in [0.2, 0.25) is 0 Å². The maximum Gasteiger partial charge on any atom is 0.231 e. The van der Waals surface area contributed by atoms with Crippen LogP contribution in [0, 0.1) is 0 Å². The van der Waals surface area contributed by atoms with Gasteiger partial charge in [-0.15, -0.1) is 0 Å². The predicted molar refractivity (Wildman–Crippen MR) is 70.1 cm³/mol. The molecule has 1 fully saturated rings. The van der Waals surface area contributed by atoms with Crippen molar-refractivity contribution < 1.29 is 9.47 Å². The lowest BCUT2D eigenvalue weighted by molar-refractivity contribution is 0.174. The van der Waals surface area contributed by atoms with Gasteiger partial charge in [0, 0.05) is 5.56 Å². The standard InChI is InChI=1S/C14H15N3O2/c1-2-10(15-5-1)14-16-7-11(17-14)9-3-4-12-13(6-9)19-8-18-12/h3-4,6-7,10,15H,1-2,5,8H2,(H,16,17)/t10-/m1/s1. The van der Waals surface area contributed by atoms with Crippen LogP contribution in [0.3, 0.4) is 0 Å². The minimum absolute atomic E-state index is 0.305. The third-order valence-electron chi connectivity index (χ3n) is 3.67. The second-order valence-electron chi connectivity index (χ2n) is 4.90. The topological polar surface area (TPSA) is 59.2 Å². The molecule has 5 heteroatoms. The van der Waals surface area contributed by atoms with Crippen molar-refractivity contribution in [1.29, 1.82) is 0 Å². The van der Waals surface area contributed by atoms with E-state index in [-0.39, 0.29) is 0 Å². The van der Waals surface area contributed by atoms with E-state index in [1.54, 1.807) is 0 Å². The van der Waals surface area contributed by atoms with E-state index >= 15 is 0 Å². The molecule has 19 heavy (non-hydrogen) atoms. The maximum absolute atomic E-state index is 5.40. The Bertz CT molecular complexity index is 602. The smallest absolute Gasteiger partial charge is 0.231 e. The summed E-state index contributed by atoms with van der Waals surface area (Å²) in [5.74, 6) is 2.62. The van der Waals surface area contributed by atoms with Crippen LogP contribution in [0.4, 0.5) is 0 Å². The van der Waals surface area contributed by atoms with Gasteiger partial charge in [0.1, 0.15) is 5.82 Å². The Kier molecular flexibility index (Phi) is 2.45. The molecular formula is C14H15N3O2. The molecule has 0 saturated carbocycles. The molecule has 1 aromatic carbocycles. The number of aromatic amines is 1. The summed E-state index contributed by atoms with van der Waals surface area (Å²) in [7, 11) is 0. The minimum atomic E-state index is 0.305. The lowest BCUT2D eigenvalue weighted by atomic mass is 10.1. The van der Waals surface area contributed by atoms with Gasteiger partial charge in [-0.3, -0.25) is 0 Å². The van der Waals surface area contributed by atoms with Gasteiger partial charge in [-0.2, -0.15) is 0 Å². The normalized spacial score (nSPS) is 20.9. The van der Waals surface area contributed by atoms with Crippen molar-refractivity contribution >= 4 is 0 Å². The van der Waals surface area contributed by atoms with Crippen LogP contribution >= 0.6 is 0 Å². The van der Waals surface area contributed by atoms with Crippen LogP contribution in [-0.4, -0.2) is 23.3 Å². The number of benzene rings is 1. The summed E-state index contributed by atoms with van der Waals surface area (Å²) in [5, 5.41) is 3.44. The third-order valence-corrected chi connectivity index (χ3v) is 3.67. The molecule has 0 bridgehead atoms. The molecule has 5 nitrogen and oxygen atoms in total. The van der Waals surface area contributed by atoms with Crippen molar-refractivity contribution in [3.05, 3.63) is 30.2 Å². The molecule has 2 aliphatic rings. The first kappa shape index (κ1) is 10.9. The van der Waals surface area contributed by atoms with E-state index < -0.39 is 0 Å². The average Bonchev–Trinajstić information content (AvgIpc) is 3.18. The van der Waals surface area contributed by atoms with Crippen LogP contribution < -0.4 is 14.8 Å². The van der Waals surface area contributed by atoms with Crippen molar-refractivity contribution in [3.8, 4) is 22.8 Å². The number of nitrogens with zero attached hydrogens (tertiary/aromatic N) is 1. The Morgan fingerprint density at radius 3 is 3.05 bits per heavy atom. The highest BCUT2D eigenvalue weighted by Crippen LogP contribution is 2.35. The zero-order valence-corrected chi connectivity index (χ0v) is 10.5. The van der Waals surface area contributed by atoms with E-state index in [0.29, 0.717) is 12.8 Å². The predicted octanol–water partition coefficient (Wildman–Crippen LogP) is 2.23. The van der Waals surface area contributed by atoms with Crippen molar-refractivity contribution in [2.75, 3.05) is 13.3 Å². The van der Waals surface area contributed by atoms with Crippen molar-refractivity contribution in [2.45, 2.75) is 18.9 Å². The molecule has 0 radical (unpaired) electrons. The van der Waals surface area contributed by atoms with Gasteiger partial charge in [-0.05, 0) is 37.6 Å². The van der Waals surface area contributed by atoms with Crippen molar-refractivity contribution in [2.24, 2.45) is 0 Å². The molecule has 0 amide bonds. The number of ether oxygens (including phenoxy) is 2. The fourth-order valence-electron chi connectivity index (χ4n) is 2.64. The molecule has 2 aromatic rings. The van der Waals surface area contributed by atoms with Gasteiger partial charge in [0.2, 0.25) is 6.79 Å². The van der Waals surface area contributed by atoms with Gasteiger partial charge in [-0.1, -0.05) is 0 Å². The first-order chi connectivity index (χ1) is 9.40. The maximum atomic E-state index is 5.40. The highest BCUT2D eigenvalue weighted by molar-refractivity contribution is 5.64. The highest BCUT2D eigenvalue weighted by Gasteiger charge is 2.20. The molecule has 4 rings (SSSR count). The third kappa shape index (κ3) is 1.86. The van der Waals surface area contributed by atoms with Crippen LogP contribution in [-0.2, 0) is 0 Å². The molecule has 0 unspecified atom stereocenters. The molecule has 0 spiro atoms. The molecule has 0 aliphatic carbocycles. The molecule has 98 valence electrons. The molecule has 1 saturated heterocycles. The lowest BCUT2D eigenvalue weighted by Gasteiger charge is -2.05. The Hall–Kier alpha value is -2.01. The molecule has 2 aliphatic heterocycles. The van der Waals surface area contributed by atoms with Gasteiger partial charge in [0.05, 0.1) is 17.9 Å². The van der Waals surface area contributed by atoms with Crippen molar-refractivity contribution in [1.82, 2.24) is 15.3 Å². The fraction of sp³-hybridized carbons (Fsp3) is 0.357. The summed E-state index contributed by atoms with van der Waals surface area (Å²) in [6.45, 7) is 1.38. The van der Waals surface area contributed by atoms with E-state index in [1.807, 2.05) is 24.4 Å². The number of rotatable bonds is 2. The van der Waals surface area contributed by atoms with E-state index in [9.17, 15) is 0 Å². The van der Waals surface area contributed by atoms with Gasteiger partial charge < -0.3 is 19.8 Å². The van der Waals surface area contributed by atoms with Gasteiger partial charge >= 0.3 is 0 Å². The largest absolute Gasteiger partial charge is 0.454 e. The minimum Gasteiger partial charge on any atom is -0.454 e. The van der Waals surface area contributed by atoms with Crippen molar-refractivity contribution in [3.63, 3.8) is 0 Å². The van der Waals surface area contributed by atoms with E-state index in [4.69, 9.17) is 9.47 Å². The molecular weight excluding hydrogens is 242 g/mol. The Morgan fingerprint density at radius 2 is 2.16 bits per heavy atom. The summed E-state index contributed by atoms with van der Waals surface area (Å²) < 4.78 is 10.7. The quantitative estimate of drug-likeness (QED) is 0.866. The van der Waals surface area contributed by atoms with Gasteiger partial charge in [0.25, 0.3) is 0 Å². The monoisotopic (exact) mass is 257 g/mol. The lowest BCUT2D eigenvalue weighted by Crippen LogP contribution is -2.14. The number of hydrogen-bond donors (Lipinski definition) is 2. The zero-order chi connectivity index (χ0) is 12.7. The van der Waals surface area contributed by atoms with Crippen LogP contribution in [0.25, 0.3) is 11.3 Å². The molecule has 3 heterocycles. The summed E-state index contributed by atoms with van der Waals surface area (Å²) in [6, 6.07) is 6.31. The summed E-state index contributed by atoms with van der Waals surface area (Å²) in [6.07, 6.45) is 4.24. The average molecular weight is 257 g/mol. The zero-order valence-electron chi connectivity index (χ0n) is 10.5. The van der Waals surface area contributed by atoms with Gasteiger partial charge in [-0.25, -0.2) is 4.98 Å². The second kappa shape index (κ2) is 4.28. The van der Waals surface area contributed by atoms with E-state index in [1.165, 1.54) is 6.42 Å². The Morgan fingerprint density at radius 1 is 1.21 bits per heavy atom. The van der Waals surface area contributed by atoms with Crippen LogP contribution in [0.15, 0.2) is 24.4 Å². The molecule has 1 aromatic heterocycles. The first-order valence-corrected chi connectivity index (χ1v) is 6.58. The van der Waals surface area contributed by atoms with Crippen LogP contribution in [0.1, 0.15) is 24.7 Å². The fourth-order valence-corrected chi connectivity index (χ4v) is 2.64. The Balaban J connectivity index is 1.65. The molecule has 1 atom stereocenters. The highest BCUT2D eigenvalue weighted by atomic mass is 16.7. The summed E-state index contributed by atoms with van der Waals surface area (Å²) >= 11 is 0. The number of H-pyrrole nitrogens is 1. The van der Waals surface area contributed by atoms with E-state index in [2.05, 4.69) is 15.3 Å². The number of aromatic nitrogens is 2. The number of hydrogen-bond acceptors (Lipinski definition) is 4. The van der Waals surface area contributed by atoms with E-state index in [0.717, 1.165) is 41.5 Å². The number of imidazole rings is 1. The molecule has 2 N–H and O–H groups in total. The van der Waals surface area contributed by atoms with Crippen LogP contribution in [0.5, 0.6) is 11.5 Å². The number of fused-ring (bicyclic) bond motifs is 1.